The summed E-state index contributed by atoms with van der Waals surface area (Å²) in [7, 11) is 1.61. The van der Waals surface area contributed by atoms with Gasteiger partial charge in [-0.1, -0.05) is 50.2 Å². The van der Waals surface area contributed by atoms with Crippen molar-refractivity contribution in [2.75, 3.05) is 20.3 Å². The Bertz CT molecular complexity index is 1050. The zero-order valence-electron chi connectivity index (χ0n) is 18.9. The minimum absolute atomic E-state index is 0.0515. The van der Waals surface area contributed by atoms with Crippen LogP contribution >= 0.6 is 0 Å². The van der Waals surface area contributed by atoms with Crippen LogP contribution in [0.5, 0.6) is 11.5 Å². The maximum Gasteiger partial charge on any atom is 0.410 e. The van der Waals surface area contributed by atoms with Gasteiger partial charge in [-0.25, -0.2) is 4.79 Å². The van der Waals surface area contributed by atoms with E-state index in [0.717, 1.165) is 11.1 Å². The summed E-state index contributed by atoms with van der Waals surface area (Å²) in [6.07, 6.45) is -0.402. The molecule has 6 nitrogen and oxygen atoms in total. The Labute approximate surface area is 188 Å². The third kappa shape index (κ3) is 2.85. The topological polar surface area (TPSA) is 65.1 Å². The summed E-state index contributed by atoms with van der Waals surface area (Å²) in [5, 5.41) is 0. The van der Waals surface area contributed by atoms with E-state index in [1.54, 1.807) is 12.0 Å². The highest BCUT2D eigenvalue weighted by Crippen LogP contribution is 2.57. The van der Waals surface area contributed by atoms with Crippen LogP contribution in [0.3, 0.4) is 0 Å². The first-order valence-corrected chi connectivity index (χ1v) is 11.2. The van der Waals surface area contributed by atoms with E-state index < -0.39 is 17.6 Å². The van der Waals surface area contributed by atoms with Crippen LogP contribution in [-0.4, -0.2) is 49.2 Å². The minimum Gasteiger partial charge on any atom is -0.497 e. The molecule has 0 spiro atoms. The van der Waals surface area contributed by atoms with Gasteiger partial charge in [0, 0.05) is 23.5 Å². The van der Waals surface area contributed by atoms with Crippen molar-refractivity contribution >= 4 is 11.9 Å². The highest BCUT2D eigenvalue weighted by atomic mass is 16.6. The number of rotatable bonds is 4. The van der Waals surface area contributed by atoms with Crippen molar-refractivity contribution in [1.29, 1.82) is 0 Å². The zero-order valence-corrected chi connectivity index (χ0v) is 18.9. The second-order valence-electron chi connectivity index (χ2n) is 9.52. The van der Waals surface area contributed by atoms with Crippen LogP contribution in [0.4, 0.5) is 4.79 Å². The molecule has 1 aliphatic carbocycles. The molecule has 0 N–H and O–H groups in total. The summed E-state index contributed by atoms with van der Waals surface area (Å²) < 4.78 is 17.0. The van der Waals surface area contributed by atoms with Gasteiger partial charge in [-0.15, -0.1) is 0 Å². The van der Waals surface area contributed by atoms with Crippen molar-refractivity contribution in [1.82, 2.24) is 4.90 Å². The highest BCUT2D eigenvalue weighted by Gasteiger charge is 2.64. The van der Waals surface area contributed by atoms with E-state index in [4.69, 9.17) is 14.2 Å². The molecular weight excluding hydrogens is 406 g/mol. The van der Waals surface area contributed by atoms with Crippen molar-refractivity contribution in [2.45, 2.75) is 44.2 Å². The highest BCUT2D eigenvalue weighted by molar-refractivity contribution is 6.01. The molecule has 2 fully saturated rings. The first-order chi connectivity index (χ1) is 15.4. The van der Waals surface area contributed by atoms with E-state index in [2.05, 4.69) is 13.8 Å². The molecule has 2 aromatic carbocycles. The second kappa shape index (κ2) is 7.54. The maximum absolute atomic E-state index is 14.3. The number of nitrogens with zero attached hydrogens (tertiary/aromatic N) is 1. The Morgan fingerprint density at radius 1 is 1.06 bits per heavy atom. The molecule has 5 atom stereocenters. The number of amides is 1. The van der Waals surface area contributed by atoms with Crippen molar-refractivity contribution in [3.05, 3.63) is 59.7 Å². The smallest absolute Gasteiger partial charge is 0.410 e. The van der Waals surface area contributed by atoms with E-state index in [9.17, 15) is 9.59 Å². The lowest BCUT2D eigenvalue weighted by Crippen LogP contribution is -2.50. The third-order valence-corrected chi connectivity index (χ3v) is 7.66. The average molecular weight is 436 g/mol. The molecule has 2 heterocycles. The lowest BCUT2D eigenvalue weighted by atomic mass is 9.69. The van der Waals surface area contributed by atoms with Gasteiger partial charge in [-0.05, 0) is 24.5 Å². The molecule has 0 radical (unpaired) electrons. The number of ketones is 1. The lowest BCUT2D eigenvalue weighted by molar-refractivity contribution is -0.127. The van der Waals surface area contributed by atoms with Gasteiger partial charge in [0.25, 0.3) is 0 Å². The summed E-state index contributed by atoms with van der Waals surface area (Å²) in [4.78, 5) is 29.0. The molecule has 2 aliphatic heterocycles. The SMILES string of the molecule is COc1ccc2c(c1)OC[C@H]1[C@H](c3ccccc3)[C@@H](N3C(=O)OC[C@@H]3C(C)C)C(=O)[C@@]21C. The number of Topliss-reactive ketones (excluding diaryl/α,β-unsaturated/α-hetero) is 1. The standard InChI is InChI=1S/C26H29NO5/c1-15(2)20-14-32-25(29)27(20)23-22(16-8-6-5-7-9-16)19-13-31-21-12-17(30-4)10-11-18(21)26(19,3)24(23)28/h5-12,15,19-20,22-23H,13-14H2,1-4H3/t19-,20+,22-,23+,26-/m0/s1. The first-order valence-electron chi connectivity index (χ1n) is 11.2. The Morgan fingerprint density at radius 2 is 1.81 bits per heavy atom. The first kappa shape index (κ1) is 20.9. The molecule has 5 rings (SSSR count). The van der Waals surface area contributed by atoms with E-state index in [0.29, 0.717) is 24.7 Å². The summed E-state index contributed by atoms with van der Waals surface area (Å²) in [5.41, 5.74) is 1.12. The number of hydrogen-bond donors (Lipinski definition) is 0. The van der Waals surface area contributed by atoms with Gasteiger partial charge in [0.05, 0.1) is 25.2 Å². The van der Waals surface area contributed by atoms with E-state index in [1.165, 1.54) is 0 Å². The van der Waals surface area contributed by atoms with Gasteiger partial charge in [-0.3, -0.25) is 9.69 Å². The summed E-state index contributed by atoms with van der Waals surface area (Å²) in [5.74, 6) is 1.30. The largest absolute Gasteiger partial charge is 0.497 e. The van der Waals surface area contributed by atoms with Crippen molar-refractivity contribution in [3.63, 3.8) is 0 Å². The average Bonchev–Trinajstić information content (AvgIpc) is 3.29. The fourth-order valence-corrected chi connectivity index (χ4v) is 5.86. The molecule has 1 saturated heterocycles. The van der Waals surface area contributed by atoms with Crippen molar-refractivity contribution in [3.8, 4) is 11.5 Å². The fourth-order valence-electron chi connectivity index (χ4n) is 5.86. The van der Waals surface area contributed by atoms with Crippen LogP contribution in [0, 0.1) is 11.8 Å². The Kier molecular flexibility index (Phi) is 4.91. The molecule has 0 unspecified atom stereocenters. The number of fused-ring (bicyclic) bond motifs is 3. The molecule has 1 amide bonds. The van der Waals surface area contributed by atoms with Crippen LogP contribution in [0.25, 0.3) is 0 Å². The van der Waals surface area contributed by atoms with Crippen LogP contribution < -0.4 is 9.47 Å². The number of cyclic esters (lactones) is 1. The van der Waals surface area contributed by atoms with Crippen LogP contribution in [0.2, 0.25) is 0 Å². The Balaban J connectivity index is 1.68. The number of methoxy groups -OCH3 is 1. The Hall–Kier alpha value is -3.02. The monoisotopic (exact) mass is 435 g/mol. The number of benzene rings is 2. The van der Waals surface area contributed by atoms with Gasteiger partial charge in [-0.2, -0.15) is 0 Å². The molecule has 0 aromatic heterocycles. The van der Waals surface area contributed by atoms with Crippen molar-refractivity contribution < 1.29 is 23.8 Å². The molecule has 3 aliphatic rings. The van der Waals surface area contributed by atoms with E-state index in [1.807, 2.05) is 55.5 Å². The minimum atomic E-state index is -0.782. The van der Waals surface area contributed by atoms with Gasteiger partial charge >= 0.3 is 6.09 Å². The van der Waals surface area contributed by atoms with Crippen LogP contribution in [0.1, 0.15) is 37.8 Å². The third-order valence-electron chi connectivity index (χ3n) is 7.66. The molecule has 1 saturated carbocycles. The number of ether oxygens (including phenoxy) is 3. The zero-order chi connectivity index (χ0) is 22.6. The van der Waals surface area contributed by atoms with Gasteiger partial charge in [0.15, 0.2) is 5.78 Å². The molecule has 6 heteroatoms. The lowest BCUT2D eigenvalue weighted by Gasteiger charge is -2.38. The molecular formula is C26H29NO5. The van der Waals surface area contributed by atoms with Gasteiger partial charge < -0.3 is 14.2 Å². The van der Waals surface area contributed by atoms with E-state index in [-0.39, 0.29) is 29.6 Å². The quantitative estimate of drug-likeness (QED) is 0.721. The number of carbonyl (C=O) groups is 2. The van der Waals surface area contributed by atoms with E-state index >= 15 is 0 Å². The summed E-state index contributed by atoms with van der Waals surface area (Å²) >= 11 is 0. The molecule has 168 valence electrons. The molecule has 2 aromatic rings. The number of hydrogen-bond acceptors (Lipinski definition) is 5. The predicted molar refractivity (Wildman–Crippen MR) is 119 cm³/mol. The second-order valence-corrected chi connectivity index (χ2v) is 9.52. The van der Waals surface area contributed by atoms with Crippen molar-refractivity contribution in [2.24, 2.45) is 11.8 Å². The predicted octanol–water partition coefficient (Wildman–Crippen LogP) is 4.17. The summed E-state index contributed by atoms with van der Waals surface area (Å²) in [6, 6.07) is 14.9. The normalized spacial score (nSPS) is 31.2. The maximum atomic E-state index is 14.3. The number of carbonyl (C=O) groups excluding carboxylic acids is 2. The molecule has 0 bridgehead atoms. The van der Waals surface area contributed by atoms with Crippen LogP contribution in [-0.2, 0) is 14.9 Å². The van der Waals surface area contributed by atoms with Gasteiger partial charge in [0.2, 0.25) is 0 Å². The molecule has 32 heavy (non-hydrogen) atoms. The Morgan fingerprint density at radius 3 is 2.50 bits per heavy atom. The van der Waals surface area contributed by atoms with Crippen LogP contribution in [0.15, 0.2) is 48.5 Å². The summed E-state index contributed by atoms with van der Waals surface area (Å²) in [6.45, 7) is 6.85. The fraction of sp³-hybridized carbons (Fsp3) is 0.462. The van der Waals surface area contributed by atoms with Gasteiger partial charge in [0.1, 0.15) is 24.1 Å².